The highest BCUT2D eigenvalue weighted by molar-refractivity contribution is 7.92. The van der Waals surface area contributed by atoms with E-state index < -0.39 is 28.5 Å². The summed E-state index contributed by atoms with van der Waals surface area (Å²) in [5, 5.41) is 8.37. The highest BCUT2D eigenvalue weighted by atomic mass is 35.5. The Kier molecular flexibility index (Phi) is 7.34. The fourth-order valence-corrected chi connectivity index (χ4v) is 3.88. The van der Waals surface area contributed by atoms with Gasteiger partial charge in [-0.15, -0.1) is 0 Å². The van der Waals surface area contributed by atoms with E-state index in [0.29, 0.717) is 22.1 Å². The Morgan fingerprint density at radius 3 is 2.06 bits per heavy atom. The first-order valence-corrected chi connectivity index (χ1v) is 11.7. The van der Waals surface area contributed by atoms with Crippen LogP contribution in [0.25, 0.3) is 0 Å². The number of carbonyl (C=O) groups excluding carboxylic acids is 2. The van der Waals surface area contributed by atoms with Gasteiger partial charge in [0.1, 0.15) is 6.54 Å². The van der Waals surface area contributed by atoms with E-state index in [4.69, 9.17) is 11.6 Å². The summed E-state index contributed by atoms with van der Waals surface area (Å²) >= 11 is 5.95. The Balaban J connectivity index is 1.66. The summed E-state index contributed by atoms with van der Waals surface area (Å²) in [4.78, 5) is 24.7. The van der Waals surface area contributed by atoms with Crippen LogP contribution in [0.2, 0.25) is 5.02 Å². The number of urea groups is 1. The fraction of sp³-hybridized carbons (Fsp3) is 0.0909. The highest BCUT2D eigenvalue weighted by Gasteiger charge is 2.21. The molecule has 3 rings (SSSR count). The van der Waals surface area contributed by atoms with Gasteiger partial charge in [-0.1, -0.05) is 41.9 Å². The molecule has 3 aromatic carbocycles. The molecular formula is C22H21ClN4O4S. The number of hydrogen-bond acceptors (Lipinski definition) is 4. The van der Waals surface area contributed by atoms with Gasteiger partial charge in [0.15, 0.2) is 0 Å². The fourth-order valence-electron chi connectivity index (χ4n) is 2.85. The van der Waals surface area contributed by atoms with Crippen molar-refractivity contribution in [3.8, 4) is 0 Å². The van der Waals surface area contributed by atoms with Crippen molar-refractivity contribution in [3.63, 3.8) is 0 Å². The van der Waals surface area contributed by atoms with Crippen LogP contribution in [-0.4, -0.2) is 33.2 Å². The van der Waals surface area contributed by atoms with E-state index in [2.05, 4.69) is 16.0 Å². The Morgan fingerprint density at radius 1 is 0.812 bits per heavy atom. The maximum atomic E-state index is 12.6. The third kappa shape index (κ3) is 6.73. The van der Waals surface area contributed by atoms with Gasteiger partial charge in [0.05, 0.1) is 11.9 Å². The van der Waals surface area contributed by atoms with Crippen LogP contribution >= 0.6 is 11.6 Å². The van der Waals surface area contributed by atoms with Crippen LogP contribution in [0.5, 0.6) is 0 Å². The quantitative estimate of drug-likeness (QED) is 0.474. The molecule has 0 saturated carbocycles. The molecule has 0 radical (unpaired) electrons. The topological polar surface area (TPSA) is 108 Å². The summed E-state index contributed by atoms with van der Waals surface area (Å²) in [6.45, 7) is -0.439. The normalized spacial score (nSPS) is 10.8. The SMILES string of the molecule is CS(=O)(=O)N(CC(=O)Nc1cccc(NC(=O)Nc2ccccc2)c1)c1cccc(Cl)c1. The largest absolute Gasteiger partial charge is 0.324 e. The Labute approximate surface area is 191 Å². The number of para-hydroxylation sites is 1. The third-order valence-corrected chi connectivity index (χ3v) is 5.60. The lowest BCUT2D eigenvalue weighted by atomic mass is 10.2. The Bertz CT molecular complexity index is 1220. The highest BCUT2D eigenvalue weighted by Crippen LogP contribution is 2.22. The van der Waals surface area contributed by atoms with E-state index in [1.54, 1.807) is 66.7 Å². The van der Waals surface area contributed by atoms with Gasteiger partial charge >= 0.3 is 6.03 Å². The molecule has 0 bridgehead atoms. The maximum Gasteiger partial charge on any atom is 0.323 e. The predicted octanol–water partition coefficient (Wildman–Crippen LogP) is 4.39. The van der Waals surface area contributed by atoms with Gasteiger partial charge < -0.3 is 16.0 Å². The molecule has 0 unspecified atom stereocenters. The number of halogens is 1. The summed E-state index contributed by atoms with van der Waals surface area (Å²) in [5.74, 6) is -0.554. The van der Waals surface area contributed by atoms with Crippen molar-refractivity contribution >= 4 is 56.3 Å². The van der Waals surface area contributed by atoms with Crippen molar-refractivity contribution in [2.45, 2.75) is 0 Å². The standard InChI is InChI=1S/C22H21ClN4O4S/c1-32(30,31)27(20-12-5-7-16(23)13-20)15-21(28)24-18-10-6-11-19(14-18)26-22(29)25-17-8-3-2-4-9-17/h2-14H,15H2,1H3,(H,24,28)(H2,25,26,29). The van der Waals surface area contributed by atoms with Gasteiger partial charge in [0.25, 0.3) is 0 Å². The number of rotatable bonds is 7. The first kappa shape index (κ1) is 23.1. The van der Waals surface area contributed by atoms with Gasteiger partial charge in [0.2, 0.25) is 15.9 Å². The molecule has 0 heterocycles. The molecule has 166 valence electrons. The summed E-state index contributed by atoms with van der Waals surface area (Å²) in [6.07, 6.45) is 1.01. The van der Waals surface area contributed by atoms with Crippen molar-refractivity contribution in [1.29, 1.82) is 0 Å². The van der Waals surface area contributed by atoms with Crippen molar-refractivity contribution in [2.75, 3.05) is 33.1 Å². The zero-order valence-electron chi connectivity index (χ0n) is 17.1. The number of carbonyl (C=O) groups is 2. The second kappa shape index (κ2) is 10.2. The molecule has 32 heavy (non-hydrogen) atoms. The van der Waals surface area contributed by atoms with E-state index in [9.17, 15) is 18.0 Å². The van der Waals surface area contributed by atoms with Crippen molar-refractivity contribution < 1.29 is 18.0 Å². The average molecular weight is 473 g/mol. The van der Waals surface area contributed by atoms with Crippen LogP contribution in [0.15, 0.2) is 78.9 Å². The number of anilines is 4. The molecule has 0 saturated heterocycles. The number of hydrogen-bond donors (Lipinski definition) is 3. The van der Waals surface area contributed by atoms with E-state index in [-0.39, 0.29) is 5.69 Å². The van der Waals surface area contributed by atoms with E-state index >= 15 is 0 Å². The van der Waals surface area contributed by atoms with Crippen LogP contribution in [0, 0.1) is 0 Å². The molecule has 0 atom stereocenters. The van der Waals surface area contributed by atoms with Crippen molar-refractivity contribution in [1.82, 2.24) is 0 Å². The summed E-state index contributed by atoms with van der Waals surface area (Å²) in [6, 6.07) is 21.2. The lowest BCUT2D eigenvalue weighted by Crippen LogP contribution is -2.37. The van der Waals surface area contributed by atoms with Gasteiger partial charge in [-0.3, -0.25) is 9.10 Å². The summed E-state index contributed by atoms with van der Waals surface area (Å²) < 4.78 is 25.4. The smallest absolute Gasteiger partial charge is 0.323 e. The lowest BCUT2D eigenvalue weighted by molar-refractivity contribution is -0.114. The zero-order chi connectivity index (χ0) is 23.1. The van der Waals surface area contributed by atoms with E-state index in [1.165, 1.54) is 6.07 Å². The Hall–Kier alpha value is -3.56. The van der Waals surface area contributed by atoms with Gasteiger partial charge in [-0.2, -0.15) is 0 Å². The van der Waals surface area contributed by atoms with Gasteiger partial charge in [-0.25, -0.2) is 13.2 Å². The third-order valence-electron chi connectivity index (χ3n) is 4.22. The lowest BCUT2D eigenvalue weighted by Gasteiger charge is -2.22. The van der Waals surface area contributed by atoms with Gasteiger partial charge in [0, 0.05) is 22.1 Å². The molecule has 3 N–H and O–H groups in total. The second-order valence-corrected chi connectivity index (χ2v) is 9.17. The van der Waals surface area contributed by atoms with E-state index in [0.717, 1.165) is 10.6 Å². The molecule has 0 fully saturated rings. The molecule has 8 nitrogen and oxygen atoms in total. The number of amides is 3. The number of nitrogens with zero attached hydrogens (tertiary/aromatic N) is 1. The maximum absolute atomic E-state index is 12.6. The second-order valence-electron chi connectivity index (χ2n) is 6.82. The molecule has 0 spiro atoms. The summed E-state index contributed by atoms with van der Waals surface area (Å²) in [5.41, 5.74) is 1.76. The van der Waals surface area contributed by atoms with Crippen molar-refractivity contribution in [3.05, 3.63) is 83.9 Å². The first-order chi connectivity index (χ1) is 15.2. The molecular weight excluding hydrogens is 452 g/mol. The minimum atomic E-state index is -3.73. The van der Waals surface area contributed by atoms with Crippen LogP contribution in [0.4, 0.5) is 27.5 Å². The minimum absolute atomic E-state index is 0.281. The predicted molar refractivity (Wildman–Crippen MR) is 128 cm³/mol. The number of nitrogens with one attached hydrogen (secondary N) is 3. The minimum Gasteiger partial charge on any atom is -0.324 e. The molecule has 0 aliphatic carbocycles. The summed E-state index contributed by atoms with van der Waals surface area (Å²) in [7, 11) is -3.73. The van der Waals surface area contributed by atoms with Crippen molar-refractivity contribution in [2.24, 2.45) is 0 Å². The zero-order valence-corrected chi connectivity index (χ0v) is 18.7. The van der Waals surface area contributed by atoms with Crippen LogP contribution in [-0.2, 0) is 14.8 Å². The van der Waals surface area contributed by atoms with Crippen LogP contribution in [0.3, 0.4) is 0 Å². The first-order valence-electron chi connectivity index (χ1n) is 9.47. The molecule has 10 heteroatoms. The van der Waals surface area contributed by atoms with E-state index in [1.807, 2.05) is 6.07 Å². The Morgan fingerprint density at radius 2 is 1.41 bits per heavy atom. The molecule has 3 aromatic rings. The number of sulfonamides is 1. The monoisotopic (exact) mass is 472 g/mol. The average Bonchev–Trinajstić information content (AvgIpc) is 2.72. The number of benzene rings is 3. The molecule has 3 amide bonds. The molecule has 0 aliphatic heterocycles. The van der Waals surface area contributed by atoms with Crippen LogP contribution in [0.1, 0.15) is 0 Å². The van der Waals surface area contributed by atoms with Gasteiger partial charge in [-0.05, 0) is 48.5 Å². The molecule has 0 aromatic heterocycles. The van der Waals surface area contributed by atoms with Crippen LogP contribution < -0.4 is 20.3 Å². The molecule has 0 aliphatic rings.